The molecule has 0 unspecified atom stereocenters. The largest absolute Gasteiger partial charge is 0.355 e. The molecule has 0 radical (unpaired) electrons. The van der Waals surface area contributed by atoms with Gasteiger partial charge in [0.15, 0.2) is 0 Å². The molecule has 2 N–H and O–H groups in total. The number of amides is 2. The quantitative estimate of drug-likeness (QED) is 0.668. The highest BCUT2D eigenvalue weighted by atomic mass is 16.2. The van der Waals surface area contributed by atoms with E-state index in [4.69, 9.17) is 0 Å². The highest BCUT2D eigenvalue weighted by Crippen LogP contribution is 2.16. The van der Waals surface area contributed by atoms with Gasteiger partial charge in [-0.15, -0.1) is 0 Å². The summed E-state index contributed by atoms with van der Waals surface area (Å²) in [5.41, 5.74) is 2.14. The molecule has 0 aromatic heterocycles. The third-order valence-corrected chi connectivity index (χ3v) is 2.28. The first-order valence-corrected chi connectivity index (χ1v) is 4.35. The van der Waals surface area contributed by atoms with Crippen molar-refractivity contribution in [1.82, 2.24) is 10.6 Å². The molecule has 1 aromatic rings. The highest BCUT2D eigenvalue weighted by molar-refractivity contribution is 6.00. The molecule has 72 valence electrons. The number of fused-ring (bicyclic) bond motifs is 1. The number of carbonyl (C=O) groups excluding carboxylic acids is 2. The number of benzene rings is 1. The minimum atomic E-state index is -0.132. The van der Waals surface area contributed by atoms with E-state index in [0.717, 1.165) is 5.56 Å². The summed E-state index contributed by atoms with van der Waals surface area (Å²) < 4.78 is 0. The molecule has 0 saturated carbocycles. The maximum Gasteiger partial charge on any atom is 0.251 e. The van der Waals surface area contributed by atoms with E-state index in [1.165, 1.54) is 0 Å². The van der Waals surface area contributed by atoms with Gasteiger partial charge >= 0.3 is 0 Å². The van der Waals surface area contributed by atoms with Gasteiger partial charge in [0, 0.05) is 24.7 Å². The van der Waals surface area contributed by atoms with Crippen molar-refractivity contribution in [3.8, 4) is 0 Å². The predicted molar refractivity (Wildman–Crippen MR) is 51.0 cm³/mol. The molecule has 4 heteroatoms. The van der Waals surface area contributed by atoms with Gasteiger partial charge in [-0.3, -0.25) is 9.59 Å². The molecule has 0 aliphatic carbocycles. The minimum Gasteiger partial charge on any atom is -0.355 e. The van der Waals surface area contributed by atoms with Crippen molar-refractivity contribution in [1.29, 1.82) is 0 Å². The van der Waals surface area contributed by atoms with Crippen LogP contribution in [-0.4, -0.2) is 18.9 Å². The molecular weight excluding hydrogens is 180 g/mol. The van der Waals surface area contributed by atoms with E-state index in [-0.39, 0.29) is 11.8 Å². The Hall–Kier alpha value is -1.84. The molecule has 0 spiro atoms. The summed E-state index contributed by atoms with van der Waals surface area (Å²) in [5, 5.41) is 5.24. The van der Waals surface area contributed by atoms with E-state index in [9.17, 15) is 9.59 Å². The summed E-state index contributed by atoms with van der Waals surface area (Å²) in [4.78, 5) is 22.5. The van der Waals surface area contributed by atoms with Gasteiger partial charge in [0.1, 0.15) is 0 Å². The van der Waals surface area contributed by atoms with Crippen molar-refractivity contribution in [2.45, 2.75) is 6.54 Å². The van der Waals surface area contributed by atoms with Crippen LogP contribution in [0.5, 0.6) is 0 Å². The third-order valence-electron chi connectivity index (χ3n) is 2.28. The molecule has 14 heavy (non-hydrogen) atoms. The first-order valence-electron chi connectivity index (χ1n) is 4.35. The van der Waals surface area contributed by atoms with E-state index in [0.29, 0.717) is 17.7 Å². The molecule has 0 saturated heterocycles. The lowest BCUT2D eigenvalue weighted by Crippen LogP contribution is -2.17. The van der Waals surface area contributed by atoms with Gasteiger partial charge in [-0.25, -0.2) is 0 Å². The summed E-state index contributed by atoms with van der Waals surface area (Å²) in [6, 6.07) is 5.08. The number of nitrogens with one attached hydrogen (secondary N) is 2. The Morgan fingerprint density at radius 2 is 2.29 bits per heavy atom. The monoisotopic (exact) mass is 190 g/mol. The Morgan fingerprint density at radius 1 is 1.50 bits per heavy atom. The summed E-state index contributed by atoms with van der Waals surface area (Å²) in [6.07, 6.45) is 0. The fraction of sp³-hybridized carbons (Fsp3) is 0.200. The summed E-state index contributed by atoms with van der Waals surface area (Å²) in [6.45, 7) is 0.513. The zero-order valence-corrected chi connectivity index (χ0v) is 7.76. The smallest absolute Gasteiger partial charge is 0.251 e. The average Bonchev–Trinajstić information content (AvgIpc) is 2.59. The van der Waals surface area contributed by atoms with Crippen LogP contribution in [0.1, 0.15) is 26.3 Å². The van der Waals surface area contributed by atoms with Crippen molar-refractivity contribution >= 4 is 11.8 Å². The van der Waals surface area contributed by atoms with Crippen molar-refractivity contribution in [2.75, 3.05) is 7.05 Å². The van der Waals surface area contributed by atoms with E-state index in [2.05, 4.69) is 10.6 Å². The Balaban J connectivity index is 2.42. The lowest BCUT2D eigenvalue weighted by Gasteiger charge is -2.01. The van der Waals surface area contributed by atoms with E-state index < -0.39 is 0 Å². The maximum atomic E-state index is 11.3. The first kappa shape index (κ1) is 8.74. The lowest BCUT2D eigenvalue weighted by atomic mass is 10.1. The highest BCUT2D eigenvalue weighted by Gasteiger charge is 2.19. The van der Waals surface area contributed by atoms with Crippen LogP contribution in [0.2, 0.25) is 0 Å². The van der Waals surface area contributed by atoms with Crippen LogP contribution in [0.15, 0.2) is 18.2 Å². The first-order chi connectivity index (χ1) is 6.72. The van der Waals surface area contributed by atoms with Gasteiger partial charge < -0.3 is 10.6 Å². The Labute approximate surface area is 81.3 Å². The molecular formula is C10H10N2O2. The third kappa shape index (κ3) is 1.25. The second kappa shape index (κ2) is 3.14. The van der Waals surface area contributed by atoms with Gasteiger partial charge in [-0.1, -0.05) is 0 Å². The number of hydrogen-bond donors (Lipinski definition) is 2. The van der Waals surface area contributed by atoms with Gasteiger partial charge in [0.2, 0.25) is 0 Å². The van der Waals surface area contributed by atoms with E-state index in [1.54, 1.807) is 25.2 Å². The van der Waals surface area contributed by atoms with Crippen LogP contribution in [0.25, 0.3) is 0 Å². The number of carbonyl (C=O) groups is 2. The zero-order chi connectivity index (χ0) is 10.1. The van der Waals surface area contributed by atoms with Crippen molar-refractivity contribution in [3.05, 3.63) is 34.9 Å². The van der Waals surface area contributed by atoms with Crippen LogP contribution < -0.4 is 10.6 Å². The van der Waals surface area contributed by atoms with Gasteiger partial charge in [0.05, 0.1) is 0 Å². The fourth-order valence-corrected chi connectivity index (χ4v) is 1.52. The average molecular weight is 190 g/mol. The van der Waals surface area contributed by atoms with Gasteiger partial charge in [0.25, 0.3) is 11.8 Å². The topological polar surface area (TPSA) is 58.2 Å². The molecule has 2 rings (SSSR count). The summed E-state index contributed by atoms with van der Waals surface area (Å²) in [7, 11) is 1.58. The molecule has 0 bridgehead atoms. The van der Waals surface area contributed by atoms with Crippen LogP contribution in [0, 0.1) is 0 Å². The Bertz CT molecular complexity index is 413. The van der Waals surface area contributed by atoms with Crippen LogP contribution in [0.4, 0.5) is 0 Å². The molecule has 2 amide bonds. The minimum absolute atomic E-state index is 0.0662. The lowest BCUT2D eigenvalue weighted by molar-refractivity contribution is 0.0954. The molecule has 4 nitrogen and oxygen atoms in total. The summed E-state index contributed by atoms with van der Waals surface area (Å²) >= 11 is 0. The molecule has 0 atom stereocenters. The SMILES string of the molecule is CNC(=O)c1ccc2c(c1)CNC2=O. The van der Waals surface area contributed by atoms with Crippen molar-refractivity contribution in [3.63, 3.8) is 0 Å². The van der Waals surface area contributed by atoms with Crippen molar-refractivity contribution < 1.29 is 9.59 Å². The van der Waals surface area contributed by atoms with Gasteiger partial charge in [-0.05, 0) is 23.8 Å². The number of rotatable bonds is 1. The second-order valence-electron chi connectivity index (χ2n) is 3.13. The normalized spacial score (nSPS) is 13.4. The predicted octanol–water partition coefficient (Wildman–Crippen LogP) is 0.290. The molecule has 1 aromatic carbocycles. The van der Waals surface area contributed by atoms with Gasteiger partial charge in [-0.2, -0.15) is 0 Å². The van der Waals surface area contributed by atoms with E-state index in [1.807, 2.05) is 0 Å². The fourth-order valence-electron chi connectivity index (χ4n) is 1.52. The maximum absolute atomic E-state index is 11.3. The van der Waals surface area contributed by atoms with Crippen LogP contribution in [0.3, 0.4) is 0 Å². The Morgan fingerprint density at radius 3 is 3.00 bits per heavy atom. The summed E-state index contributed by atoms with van der Waals surface area (Å²) in [5.74, 6) is -0.199. The molecule has 1 aliphatic rings. The molecule has 0 fully saturated rings. The van der Waals surface area contributed by atoms with E-state index >= 15 is 0 Å². The van der Waals surface area contributed by atoms with Crippen LogP contribution in [-0.2, 0) is 6.54 Å². The molecule has 1 heterocycles. The van der Waals surface area contributed by atoms with Crippen LogP contribution >= 0.6 is 0 Å². The molecule has 1 aliphatic heterocycles. The standard InChI is InChI=1S/C10H10N2O2/c1-11-9(13)6-2-3-8-7(4-6)5-12-10(8)14/h2-4H,5H2,1H3,(H,11,13)(H,12,14). The Kier molecular flexibility index (Phi) is 1.96. The zero-order valence-electron chi connectivity index (χ0n) is 7.76. The van der Waals surface area contributed by atoms with Crippen molar-refractivity contribution in [2.24, 2.45) is 0 Å². The second-order valence-corrected chi connectivity index (χ2v) is 3.13. The number of hydrogen-bond acceptors (Lipinski definition) is 2.